The quantitative estimate of drug-likeness (QED) is 0.827. The molecule has 1 aromatic carbocycles. The van der Waals surface area contributed by atoms with E-state index in [0.717, 1.165) is 4.57 Å². The van der Waals surface area contributed by atoms with Crippen LogP contribution < -0.4 is 0 Å². The highest BCUT2D eigenvalue weighted by molar-refractivity contribution is 5.83. The van der Waals surface area contributed by atoms with Crippen LogP contribution in [0.5, 0.6) is 0 Å². The van der Waals surface area contributed by atoms with Crippen LogP contribution in [0.1, 0.15) is 25.7 Å². The van der Waals surface area contributed by atoms with E-state index >= 15 is 0 Å². The number of benzene rings is 1. The molecule has 0 spiro atoms. The molecule has 0 radical (unpaired) electrons. The Kier molecular flexibility index (Phi) is 2.88. The van der Waals surface area contributed by atoms with E-state index in [1.807, 2.05) is 0 Å². The Balaban J connectivity index is 2.77. The van der Waals surface area contributed by atoms with Gasteiger partial charge in [0, 0.05) is 0 Å². The summed E-state index contributed by atoms with van der Waals surface area (Å²) in [5.74, 6) is -1.38. The van der Waals surface area contributed by atoms with Crippen molar-refractivity contribution in [3.8, 4) is 0 Å². The maximum Gasteiger partial charge on any atom is 0.449 e. The van der Waals surface area contributed by atoms with E-state index in [4.69, 9.17) is 0 Å². The lowest BCUT2D eigenvalue weighted by atomic mass is 10.2. The first kappa shape index (κ1) is 12.6. The number of fused-ring (bicyclic) bond motifs is 1. The number of hydrogen-bond acceptors (Lipinski definition) is 2. The minimum atomic E-state index is -4.58. The summed E-state index contributed by atoms with van der Waals surface area (Å²) in [5.41, 5.74) is 0.547. The number of rotatable bonds is 2. The largest absolute Gasteiger partial charge is 0.449 e. The normalized spacial score (nSPS) is 13.8. The molecule has 1 unspecified atom stereocenters. The average Bonchev–Trinajstić information content (AvgIpc) is 2.66. The molecule has 2 rings (SSSR count). The van der Waals surface area contributed by atoms with Crippen LogP contribution in [0.3, 0.4) is 0 Å². The van der Waals surface area contributed by atoms with Crippen molar-refractivity contribution in [2.24, 2.45) is 0 Å². The van der Waals surface area contributed by atoms with Gasteiger partial charge in [-0.2, -0.15) is 13.2 Å². The van der Waals surface area contributed by atoms with Gasteiger partial charge in [-0.15, -0.1) is 0 Å². The molecule has 0 bridgehead atoms. The summed E-state index contributed by atoms with van der Waals surface area (Å²) < 4.78 is 39.7. The van der Waals surface area contributed by atoms with Gasteiger partial charge < -0.3 is 4.57 Å². The van der Waals surface area contributed by atoms with Crippen LogP contribution in [0, 0.1) is 0 Å². The summed E-state index contributed by atoms with van der Waals surface area (Å²) in [4.78, 5) is 14.9. The lowest BCUT2D eigenvalue weighted by Gasteiger charge is -2.16. The zero-order valence-electron chi connectivity index (χ0n) is 9.82. The summed E-state index contributed by atoms with van der Waals surface area (Å²) in [6.45, 7) is 2.70. The molecule has 0 amide bonds. The third-order valence-corrected chi connectivity index (χ3v) is 2.82. The van der Waals surface area contributed by atoms with Crippen LogP contribution >= 0.6 is 0 Å². The number of alkyl halides is 3. The van der Waals surface area contributed by atoms with Crippen molar-refractivity contribution in [1.29, 1.82) is 0 Å². The second-order valence-corrected chi connectivity index (χ2v) is 4.08. The van der Waals surface area contributed by atoms with Gasteiger partial charge in [0.2, 0.25) is 5.82 Å². The Labute approximate surface area is 101 Å². The van der Waals surface area contributed by atoms with E-state index in [9.17, 15) is 18.0 Å². The molecular weight excluding hydrogens is 245 g/mol. The molecule has 1 heterocycles. The van der Waals surface area contributed by atoms with Crippen LogP contribution in [0.15, 0.2) is 24.3 Å². The van der Waals surface area contributed by atoms with E-state index in [2.05, 4.69) is 4.98 Å². The van der Waals surface area contributed by atoms with Gasteiger partial charge in [0.1, 0.15) is 0 Å². The van der Waals surface area contributed by atoms with Gasteiger partial charge in [0.05, 0.1) is 17.1 Å². The molecule has 1 atom stereocenters. The van der Waals surface area contributed by atoms with E-state index in [0.29, 0.717) is 5.52 Å². The molecule has 0 aliphatic heterocycles. The lowest BCUT2D eigenvalue weighted by molar-refractivity contribution is -0.148. The number of Topliss-reactive ketones (excluding diaryl/α,β-unsaturated/α-hetero) is 1. The first-order chi connectivity index (χ1) is 8.32. The second-order valence-electron chi connectivity index (χ2n) is 4.08. The maximum absolute atomic E-state index is 12.9. The number of carbonyl (C=O) groups excluding carboxylic acids is 1. The molecule has 18 heavy (non-hydrogen) atoms. The number of nitrogens with zero attached hydrogens (tertiary/aromatic N) is 2. The first-order valence-corrected chi connectivity index (χ1v) is 5.37. The fourth-order valence-electron chi connectivity index (χ4n) is 1.82. The molecular formula is C12H11F3N2O. The number of halogens is 3. The molecule has 0 saturated heterocycles. The van der Waals surface area contributed by atoms with E-state index in [1.165, 1.54) is 26.0 Å². The predicted octanol–water partition coefficient (Wildman–Crippen LogP) is 3.21. The smallest absolute Gasteiger partial charge is 0.310 e. The van der Waals surface area contributed by atoms with Crippen molar-refractivity contribution < 1.29 is 18.0 Å². The van der Waals surface area contributed by atoms with Crippen molar-refractivity contribution in [3.63, 3.8) is 0 Å². The van der Waals surface area contributed by atoms with Crippen LogP contribution in [0.2, 0.25) is 0 Å². The van der Waals surface area contributed by atoms with E-state index in [1.54, 1.807) is 12.1 Å². The highest BCUT2D eigenvalue weighted by atomic mass is 19.4. The van der Waals surface area contributed by atoms with Crippen molar-refractivity contribution in [2.45, 2.75) is 26.1 Å². The maximum atomic E-state index is 12.9. The summed E-state index contributed by atoms with van der Waals surface area (Å²) in [5, 5.41) is 0. The molecule has 6 heteroatoms. The third kappa shape index (κ3) is 1.98. The number of hydrogen-bond donors (Lipinski definition) is 0. The number of imidazole rings is 1. The highest BCUT2D eigenvalue weighted by Gasteiger charge is 2.39. The van der Waals surface area contributed by atoms with Crippen molar-refractivity contribution in [2.75, 3.05) is 0 Å². The molecule has 96 valence electrons. The molecule has 0 fully saturated rings. The molecule has 0 aliphatic rings. The van der Waals surface area contributed by atoms with E-state index in [-0.39, 0.29) is 11.3 Å². The number of aromatic nitrogens is 2. The fraction of sp³-hybridized carbons (Fsp3) is 0.333. The number of para-hydroxylation sites is 2. The van der Waals surface area contributed by atoms with Crippen LogP contribution in [-0.4, -0.2) is 15.3 Å². The zero-order chi connectivity index (χ0) is 13.5. The zero-order valence-corrected chi connectivity index (χ0v) is 9.82. The fourth-order valence-corrected chi connectivity index (χ4v) is 1.82. The Morgan fingerprint density at radius 1 is 1.33 bits per heavy atom. The van der Waals surface area contributed by atoms with Crippen LogP contribution in [0.4, 0.5) is 13.2 Å². The van der Waals surface area contributed by atoms with Gasteiger partial charge in [-0.25, -0.2) is 4.98 Å². The Morgan fingerprint density at radius 2 is 1.94 bits per heavy atom. The average molecular weight is 256 g/mol. The van der Waals surface area contributed by atoms with E-state index < -0.39 is 18.0 Å². The second kappa shape index (κ2) is 4.12. The van der Waals surface area contributed by atoms with Crippen molar-refractivity contribution in [3.05, 3.63) is 30.1 Å². The highest BCUT2D eigenvalue weighted by Crippen LogP contribution is 2.33. The Bertz CT molecular complexity index is 601. The Hall–Kier alpha value is -1.85. The molecule has 0 aliphatic carbocycles. The third-order valence-electron chi connectivity index (χ3n) is 2.82. The van der Waals surface area contributed by atoms with Crippen LogP contribution in [0.25, 0.3) is 11.0 Å². The summed E-state index contributed by atoms with van der Waals surface area (Å²) >= 11 is 0. The van der Waals surface area contributed by atoms with Crippen molar-refractivity contribution >= 4 is 16.8 Å². The summed E-state index contributed by atoms with van der Waals surface area (Å²) in [6.07, 6.45) is -4.58. The minimum absolute atomic E-state index is 0.234. The van der Waals surface area contributed by atoms with Crippen molar-refractivity contribution in [1.82, 2.24) is 9.55 Å². The molecule has 0 saturated carbocycles. The standard InChI is InChI=1S/C12H11F3N2O/c1-7(8(2)18)17-10-6-4-3-5-9(10)16-11(17)12(13,14)15/h3-7H,1-2H3. The topological polar surface area (TPSA) is 34.9 Å². The van der Waals surface area contributed by atoms with Crippen LogP contribution in [-0.2, 0) is 11.0 Å². The molecule has 1 aromatic heterocycles. The van der Waals surface area contributed by atoms with Gasteiger partial charge >= 0.3 is 6.18 Å². The molecule has 3 nitrogen and oxygen atoms in total. The number of ketones is 1. The summed E-state index contributed by atoms with van der Waals surface area (Å²) in [6, 6.07) is 5.35. The summed E-state index contributed by atoms with van der Waals surface area (Å²) in [7, 11) is 0. The lowest BCUT2D eigenvalue weighted by Crippen LogP contribution is -2.21. The monoisotopic (exact) mass is 256 g/mol. The predicted molar refractivity (Wildman–Crippen MR) is 60.1 cm³/mol. The van der Waals surface area contributed by atoms with Gasteiger partial charge in [-0.3, -0.25) is 4.79 Å². The first-order valence-electron chi connectivity index (χ1n) is 5.37. The molecule has 2 aromatic rings. The Morgan fingerprint density at radius 3 is 2.50 bits per heavy atom. The van der Waals surface area contributed by atoms with Gasteiger partial charge in [-0.1, -0.05) is 12.1 Å². The van der Waals surface area contributed by atoms with Gasteiger partial charge in [0.15, 0.2) is 5.78 Å². The van der Waals surface area contributed by atoms with Gasteiger partial charge in [-0.05, 0) is 26.0 Å². The molecule has 0 N–H and O–H groups in total. The number of carbonyl (C=O) groups is 1. The minimum Gasteiger partial charge on any atom is -0.310 e. The SMILES string of the molecule is CC(=O)C(C)n1c(C(F)(F)F)nc2ccccc21. The van der Waals surface area contributed by atoms with Gasteiger partial charge in [0.25, 0.3) is 0 Å².